The Bertz CT molecular complexity index is 722. The number of benzene rings is 2. The zero-order valence-electron chi connectivity index (χ0n) is 14.2. The monoisotopic (exact) mass is 355 g/mol. The second-order valence-corrected chi connectivity index (χ2v) is 6.02. The van der Waals surface area contributed by atoms with E-state index in [9.17, 15) is 5.11 Å². The quantitative estimate of drug-likeness (QED) is 0.447. The Morgan fingerprint density at radius 2 is 1.62 bits per heavy atom. The lowest BCUT2D eigenvalue weighted by molar-refractivity contribution is -0.0765. The molecule has 136 valence electrons. The highest BCUT2D eigenvalue weighted by atomic mass is 16.6. The minimum Gasteiger partial charge on any atom is -0.387 e. The van der Waals surface area contributed by atoms with Gasteiger partial charge in [0.2, 0.25) is 0 Å². The lowest BCUT2D eigenvalue weighted by Gasteiger charge is -2.21. The molecule has 0 radical (unpaired) electrons. The van der Waals surface area contributed by atoms with Crippen LogP contribution in [0.15, 0.2) is 65.8 Å². The summed E-state index contributed by atoms with van der Waals surface area (Å²) in [5.41, 5.74) is 10.7. The molecule has 26 heavy (non-hydrogen) atoms. The molecule has 2 aromatic rings. The third-order valence-corrected chi connectivity index (χ3v) is 4.15. The first-order chi connectivity index (χ1) is 12.8. The molecule has 0 saturated carbocycles. The average Bonchev–Trinajstić information content (AvgIpc) is 2.97. The van der Waals surface area contributed by atoms with Crippen molar-refractivity contribution in [2.24, 2.45) is 5.11 Å². The molecule has 1 aliphatic rings. The highest BCUT2D eigenvalue weighted by Crippen LogP contribution is 2.26. The zero-order valence-corrected chi connectivity index (χ0v) is 14.2. The van der Waals surface area contributed by atoms with Crippen LogP contribution in [0.2, 0.25) is 0 Å². The van der Waals surface area contributed by atoms with Gasteiger partial charge in [0.05, 0.1) is 19.8 Å². The topological polar surface area (TPSA) is 96.7 Å². The zero-order chi connectivity index (χ0) is 18.2. The smallest absolute Gasteiger partial charge is 0.165 e. The van der Waals surface area contributed by atoms with E-state index >= 15 is 0 Å². The van der Waals surface area contributed by atoms with Crippen LogP contribution in [0.25, 0.3) is 10.4 Å². The molecule has 2 aromatic carbocycles. The first-order valence-electron chi connectivity index (χ1n) is 8.43. The number of ether oxygens (including phenoxy) is 3. The molecular weight excluding hydrogens is 334 g/mol. The van der Waals surface area contributed by atoms with E-state index in [-0.39, 0.29) is 6.61 Å². The third-order valence-electron chi connectivity index (χ3n) is 4.15. The number of rotatable bonds is 8. The summed E-state index contributed by atoms with van der Waals surface area (Å²) >= 11 is 0. The molecule has 0 aromatic heterocycles. The van der Waals surface area contributed by atoms with E-state index in [1.807, 2.05) is 60.7 Å². The lowest BCUT2D eigenvalue weighted by atomic mass is 10.1. The molecule has 1 aliphatic heterocycles. The molecule has 3 rings (SSSR count). The molecule has 0 spiro atoms. The van der Waals surface area contributed by atoms with Crippen LogP contribution < -0.4 is 0 Å². The largest absolute Gasteiger partial charge is 0.387 e. The molecule has 0 amide bonds. The van der Waals surface area contributed by atoms with E-state index in [1.165, 1.54) is 0 Å². The molecule has 7 nitrogen and oxygen atoms in total. The van der Waals surface area contributed by atoms with Crippen LogP contribution >= 0.6 is 0 Å². The minimum atomic E-state index is -1.04. The summed E-state index contributed by atoms with van der Waals surface area (Å²) in [6.07, 6.45) is -3.18. The maximum Gasteiger partial charge on any atom is 0.165 e. The SMILES string of the molecule is [N-]=[N+]=N[C@H]1O[C@H](COCc2ccccc2)[C@@H](OCc2ccccc2)[C@@H]1O. The Kier molecular flexibility index (Phi) is 6.60. The van der Waals surface area contributed by atoms with Crippen molar-refractivity contribution >= 4 is 0 Å². The second kappa shape index (κ2) is 9.33. The number of hydrogen-bond donors (Lipinski definition) is 1. The van der Waals surface area contributed by atoms with Crippen molar-refractivity contribution in [3.05, 3.63) is 82.2 Å². The summed E-state index contributed by atoms with van der Waals surface area (Å²) in [5, 5.41) is 13.9. The molecular formula is C19H21N3O4. The van der Waals surface area contributed by atoms with Crippen LogP contribution in [0.4, 0.5) is 0 Å². The molecule has 1 N–H and O–H groups in total. The molecule has 0 unspecified atom stereocenters. The van der Waals surface area contributed by atoms with Crippen molar-refractivity contribution in [2.45, 2.75) is 37.8 Å². The Morgan fingerprint density at radius 3 is 2.23 bits per heavy atom. The summed E-state index contributed by atoms with van der Waals surface area (Å²) in [5.74, 6) is 0. The van der Waals surface area contributed by atoms with Gasteiger partial charge in [0.1, 0.15) is 18.3 Å². The molecule has 0 bridgehead atoms. The molecule has 4 atom stereocenters. The lowest BCUT2D eigenvalue weighted by Crippen LogP contribution is -2.36. The molecule has 1 heterocycles. The van der Waals surface area contributed by atoms with Gasteiger partial charge < -0.3 is 19.3 Å². The number of aliphatic hydroxyl groups excluding tert-OH is 1. The Morgan fingerprint density at radius 1 is 1.00 bits per heavy atom. The highest BCUT2D eigenvalue weighted by Gasteiger charge is 2.44. The molecule has 1 saturated heterocycles. The van der Waals surface area contributed by atoms with Crippen molar-refractivity contribution in [2.75, 3.05) is 6.61 Å². The van der Waals surface area contributed by atoms with Gasteiger partial charge in [0, 0.05) is 4.91 Å². The van der Waals surface area contributed by atoms with Crippen LogP contribution in [0.5, 0.6) is 0 Å². The van der Waals surface area contributed by atoms with Crippen LogP contribution in [-0.4, -0.2) is 36.3 Å². The van der Waals surface area contributed by atoms with Crippen molar-refractivity contribution in [1.29, 1.82) is 0 Å². The fourth-order valence-electron chi connectivity index (χ4n) is 2.84. The average molecular weight is 355 g/mol. The van der Waals surface area contributed by atoms with Gasteiger partial charge in [-0.2, -0.15) is 0 Å². The van der Waals surface area contributed by atoms with Crippen molar-refractivity contribution in [1.82, 2.24) is 0 Å². The van der Waals surface area contributed by atoms with Gasteiger partial charge in [-0.05, 0) is 16.7 Å². The molecule has 7 heteroatoms. The summed E-state index contributed by atoms with van der Waals surface area (Å²) in [6.45, 7) is 0.974. The van der Waals surface area contributed by atoms with Gasteiger partial charge in [0.15, 0.2) is 6.23 Å². The first kappa shape index (κ1) is 18.4. The van der Waals surface area contributed by atoms with Gasteiger partial charge in [-0.1, -0.05) is 65.8 Å². The van der Waals surface area contributed by atoms with Gasteiger partial charge in [-0.3, -0.25) is 0 Å². The van der Waals surface area contributed by atoms with Crippen LogP contribution in [0.1, 0.15) is 11.1 Å². The Hall–Kier alpha value is -2.41. The van der Waals surface area contributed by atoms with E-state index in [0.717, 1.165) is 11.1 Å². The second-order valence-electron chi connectivity index (χ2n) is 6.02. The minimum absolute atomic E-state index is 0.225. The predicted molar refractivity (Wildman–Crippen MR) is 94.9 cm³/mol. The maximum absolute atomic E-state index is 10.4. The van der Waals surface area contributed by atoms with E-state index in [4.69, 9.17) is 19.7 Å². The fraction of sp³-hybridized carbons (Fsp3) is 0.368. The van der Waals surface area contributed by atoms with Gasteiger partial charge in [-0.25, -0.2) is 0 Å². The highest BCUT2D eigenvalue weighted by molar-refractivity contribution is 5.14. The van der Waals surface area contributed by atoms with Crippen LogP contribution in [-0.2, 0) is 27.4 Å². The predicted octanol–water partition coefficient (Wildman–Crippen LogP) is 3.18. The van der Waals surface area contributed by atoms with Gasteiger partial charge in [0.25, 0.3) is 0 Å². The van der Waals surface area contributed by atoms with Crippen LogP contribution in [0, 0.1) is 0 Å². The van der Waals surface area contributed by atoms with Gasteiger partial charge in [-0.15, -0.1) is 0 Å². The van der Waals surface area contributed by atoms with Crippen molar-refractivity contribution in [3.8, 4) is 0 Å². The van der Waals surface area contributed by atoms with Crippen molar-refractivity contribution < 1.29 is 19.3 Å². The number of azide groups is 1. The number of hydrogen-bond acceptors (Lipinski definition) is 5. The summed E-state index contributed by atoms with van der Waals surface area (Å²) < 4.78 is 17.2. The summed E-state index contributed by atoms with van der Waals surface area (Å²) in [6, 6.07) is 19.4. The number of aliphatic hydroxyl groups is 1. The normalized spacial score (nSPS) is 25.0. The van der Waals surface area contributed by atoms with E-state index < -0.39 is 24.5 Å². The third kappa shape index (κ3) is 4.82. The maximum atomic E-state index is 10.4. The fourth-order valence-corrected chi connectivity index (χ4v) is 2.84. The van der Waals surface area contributed by atoms with E-state index in [2.05, 4.69) is 10.0 Å². The van der Waals surface area contributed by atoms with Crippen molar-refractivity contribution in [3.63, 3.8) is 0 Å². The Balaban J connectivity index is 1.59. The molecule has 0 aliphatic carbocycles. The van der Waals surface area contributed by atoms with E-state index in [0.29, 0.717) is 13.2 Å². The van der Waals surface area contributed by atoms with E-state index in [1.54, 1.807) is 0 Å². The first-order valence-corrected chi connectivity index (χ1v) is 8.43. The standard InChI is InChI=1S/C19H21N3O4/c20-22-21-19-17(23)18(25-12-15-9-5-2-6-10-15)16(26-19)13-24-11-14-7-3-1-4-8-14/h1-10,16-19,23H,11-13H2/t16-,17+,18-,19+/m1/s1. The van der Waals surface area contributed by atoms with Crippen LogP contribution in [0.3, 0.4) is 0 Å². The Labute approximate surface area is 151 Å². The summed E-state index contributed by atoms with van der Waals surface area (Å²) in [4.78, 5) is 2.73. The molecule has 1 fully saturated rings. The number of nitrogens with zero attached hydrogens (tertiary/aromatic N) is 3. The van der Waals surface area contributed by atoms with Gasteiger partial charge >= 0.3 is 0 Å². The summed E-state index contributed by atoms with van der Waals surface area (Å²) in [7, 11) is 0.